The number of piperidine rings is 1. The Morgan fingerprint density at radius 1 is 0.844 bits per heavy atom. The topological polar surface area (TPSA) is 88.1 Å². The highest BCUT2D eigenvalue weighted by molar-refractivity contribution is 6.35. The van der Waals surface area contributed by atoms with Crippen LogP contribution in [0.5, 0.6) is 0 Å². The van der Waals surface area contributed by atoms with Gasteiger partial charge in [-0.3, -0.25) is 9.69 Å². The highest BCUT2D eigenvalue weighted by Crippen LogP contribution is 2.69. The summed E-state index contributed by atoms with van der Waals surface area (Å²) in [5.41, 5.74) is 2.39. The molecule has 0 aromatic heterocycles. The van der Waals surface area contributed by atoms with Gasteiger partial charge in [-0.2, -0.15) is 10.5 Å². The molecule has 1 aliphatic heterocycles. The normalized spacial score (nSPS) is 22.7. The van der Waals surface area contributed by atoms with Gasteiger partial charge in [-0.05, 0) is 53.6 Å². The van der Waals surface area contributed by atoms with Crippen molar-refractivity contribution in [2.24, 2.45) is 11.8 Å². The summed E-state index contributed by atoms with van der Waals surface area (Å²) in [7, 11) is 0. The third-order valence-corrected chi connectivity index (χ3v) is 6.90. The second-order valence-electron chi connectivity index (χ2n) is 8.00. The molecule has 5 nitrogen and oxygen atoms in total. The zero-order valence-corrected chi connectivity index (χ0v) is 18.0. The molecule has 5 rings (SSSR count). The van der Waals surface area contributed by atoms with Crippen molar-refractivity contribution in [1.82, 2.24) is 0 Å². The van der Waals surface area contributed by atoms with Crippen LogP contribution in [0.2, 0.25) is 10.0 Å². The number of aliphatic hydroxyl groups is 1. The maximum absolute atomic E-state index is 13.6. The van der Waals surface area contributed by atoms with E-state index in [2.05, 4.69) is 12.1 Å². The molecule has 7 heteroatoms. The summed E-state index contributed by atoms with van der Waals surface area (Å²) in [6, 6.07) is 23.1. The average Bonchev–Trinajstić information content (AvgIpc) is 3.42. The van der Waals surface area contributed by atoms with Crippen molar-refractivity contribution in [3.05, 3.63) is 99.0 Å². The monoisotopic (exact) mass is 459 g/mol. The fraction of sp³-hybridized carbons (Fsp3) is 0.160. The first-order valence-corrected chi connectivity index (χ1v) is 10.7. The van der Waals surface area contributed by atoms with Crippen LogP contribution < -0.4 is 4.90 Å². The van der Waals surface area contributed by atoms with Gasteiger partial charge in [0.15, 0.2) is 0 Å². The van der Waals surface area contributed by atoms with Gasteiger partial charge in [-0.25, -0.2) is 0 Å². The maximum Gasteiger partial charge on any atom is 0.233 e. The van der Waals surface area contributed by atoms with E-state index >= 15 is 0 Å². The number of amides is 1. The summed E-state index contributed by atoms with van der Waals surface area (Å²) in [4.78, 5) is 14.9. The highest BCUT2D eigenvalue weighted by atomic mass is 35.5. The number of carbonyl (C=O) groups excluding carboxylic acids is 1. The van der Waals surface area contributed by atoms with Gasteiger partial charge in [0.1, 0.15) is 6.23 Å². The standard InChI is InChI=1S/C25H15Cl2N3O2/c26-18-9-19(27)11-20(10-18)30-23(31)21-22(24(30)32)25(21,16-5-1-14(12-28)2-6-16)17-7-3-15(13-29)4-8-17/h1-11,21-23,31H/t21-,22+,23?/m0/s1. The maximum atomic E-state index is 13.6. The first-order valence-electron chi connectivity index (χ1n) is 9.90. The molecule has 1 unspecified atom stereocenters. The fourth-order valence-corrected chi connectivity index (χ4v) is 5.64. The Labute approximate surface area is 194 Å². The summed E-state index contributed by atoms with van der Waals surface area (Å²) >= 11 is 12.2. The first-order chi connectivity index (χ1) is 15.4. The molecular weight excluding hydrogens is 445 g/mol. The van der Waals surface area contributed by atoms with Crippen LogP contribution in [0, 0.1) is 34.5 Å². The number of hydrogen-bond donors (Lipinski definition) is 1. The lowest BCUT2D eigenvalue weighted by molar-refractivity contribution is -0.120. The first kappa shape index (κ1) is 20.5. The third kappa shape index (κ3) is 2.83. The Balaban J connectivity index is 1.62. The fourth-order valence-electron chi connectivity index (χ4n) is 5.12. The van der Waals surface area contributed by atoms with E-state index in [9.17, 15) is 9.90 Å². The van der Waals surface area contributed by atoms with Gasteiger partial charge >= 0.3 is 0 Å². The minimum Gasteiger partial charge on any atom is -0.373 e. The van der Waals surface area contributed by atoms with Crippen LogP contribution in [0.25, 0.3) is 0 Å². The Hall–Kier alpha value is -3.35. The molecule has 1 saturated carbocycles. The van der Waals surface area contributed by atoms with Crippen LogP contribution in [0.1, 0.15) is 22.3 Å². The molecule has 0 bridgehead atoms. The van der Waals surface area contributed by atoms with Crippen LogP contribution in [0.4, 0.5) is 5.69 Å². The Bertz CT molecular complexity index is 1250. The Kier molecular flexibility index (Phi) is 4.73. The summed E-state index contributed by atoms with van der Waals surface area (Å²) in [6.07, 6.45) is -1.09. The molecule has 1 aliphatic carbocycles. The van der Waals surface area contributed by atoms with Crippen molar-refractivity contribution in [3.63, 3.8) is 0 Å². The number of halogens is 2. The zero-order valence-electron chi connectivity index (χ0n) is 16.5. The number of hydrogen-bond acceptors (Lipinski definition) is 4. The van der Waals surface area contributed by atoms with Crippen molar-refractivity contribution in [2.75, 3.05) is 4.90 Å². The second kappa shape index (κ2) is 7.36. The molecule has 3 aromatic rings. The Morgan fingerprint density at radius 2 is 1.31 bits per heavy atom. The lowest BCUT2D eigenvalue weighted by atomic mass is 9.82. The Morgan fingerprint density at radius 3 is 1.69 bits per heavy atom. The van der Waals surface area contributed by atoms with Gasteiger partial charge in [-0.15, -0.1) is 0 Å². The minimum absolute atomic E-state index is 0.227. The largest absolute Gasteiger partial charge is 0.373 e. The van der Waals surface area contributed by atoms with E-state index < -0.39 is 23.5 Å². The molecule has 1 amide bonds. The van der Waals surface area contributed by atoms with Gasteiger partial charge < -0.3 is 5.11 Å². The van der Waals surface area contributed by atoms with Crippen LogP contribution >= 0.6 is 23.2 Å². The number of rotatable bonds is 3. The van der Waals surface area contributed by atoms with Crippen LogP contribution in [-0.4, -0.2) is 17.2 Å². The van der Waals surface area contributed by atoms with Crippen molar-refractivity contribution in [2.45, 2.75) is 11.6 Å². The third-order valence-electron chi connectivity index (χ3n) is 6.46. The van der Waals surface area contributed by atoms with E-state index in [-0.39, 0.29) is 5.91 Å². The predicted molar refractivity (Wildman–Crippen MR) is 120 cm³/mol. The van der Waals surface area contributed by atoms with Gasteiger partial charge in [0.2, 0.25) is 5.91 Å². The summed E-state index contributed by atoms with van der Waals surface area (Å²) < 4.78 is 0. The minimum atomic E-state index is -1.09. The van der Waals surface area contributed by atoms with Crippen molar-refractivity contribution in [3.8, 4) is 12.1 Å². The lowest BCUT2D eigenvalue weighted by Gasteiger charge is -2.31. The molecule has 3 aromatic carbocycles. The predicted octanol–water partition coefficient (Wildman–Crippen LogP) is 4.63. The molecule has 1 heterocycles. The van der Waals surface area contributed by atoms with Crippen molar-refractivity contribution in [1.29, 1.82) is 10.5 Å². The SMILES string of the molecule is N#Cc1ccc(C2(c3ccc(C#N)cc3)[C@@H]3C(O)N(c4cc(Cl)cc(Cl)c4)C(=O)[C@@H]32)cc1. The van der Waals surface area contributed by atoms with Gasteiger partial charge in [0.25, 0.3) is 0 Å². The molecule has 0 spiro atoms. The molecule has 3 atom stereocenters. The summed E-state index contributed by atoms with van der Waals surface area (Å²) in [6.45, 7) is 0. The lowest BCUT2D eigenvalue weighted by Crippen LogP contribution is -2.42. The summed E-state index contributed by atoms with van der Waals surface area (Å²) in [5, 5.41) is 30.4. The van der Waals surface area contributed by atoms with E-state index in [4.69, 9.17) is 33.7 Å². The van der Waals surface area contributed by atoms with Crippen molar-refractivity contribution >= 4 is 34.8 Å². The molecule has 2 aliphatic rings. The van der Waals surface area contributed by atoms with E-state index in [0.717, 1.165) is 11.1 Å². The van der Waals surface area contributed by atoms with E-state index in [1.54, 1.807) is 42.5 Å². The van der Waals surface area contributed by atoms with Crippen LogP contribution in [-0.2, 0) is 10.2 Å². The second-order valence-corrected chi connectivity index (χ2v) is 8.87. The number of aliphatic hydroxyl groups excluding tert-OH is 1. The van der Waals surface area contributed by atoms with E-state index in [1.165, 1.54) is 4.90 Å². The number of benzene rings is 3. The highest BCUT2D eigenvalue weighted by Gasteiger charge is 2.78. The molecular formula is C25H15Cl2N3O2. The number of anilines is 1. The van der Waals surface area contributed by atoms with E-state index in [1.807, 2.05) is 24.3 Å². The van der Waals surface area contributed by atoms with Crippen LogP contribution in [0.15, 0.2) is 66.7 Å². The quantitative estimate of drug-likeness (QED) is 0.617. The molecule has 32 heavy (non-hydrogen) atoms. The summed E-state index contributed by atoms with van der Waals surface area (Å²) in [5.74, 6) is -1.14. The smallest absolute Gasteiger partial charge is 0.233 e. The zero-order chi connectivity index (χ0) is 22.6. The number of fused-ring (bicyclic) bond motifs is 1. The van der Waals surface area contributed by atoms with E-state index in [0.29, 0.717) is 26.9 Å². The molecule has 1 saturated heterocycles. The van der Waals surface area contributed by atoms with Crippen LogP contribution in [0.3, 0.4) is 0 Å². The molecule has 2 fully saturated rings. The van der Waals surface area contributed by atoms with Gasteiger partial charge in [0.05, 0.1) is 29.2 Å². The average molecular weight is 460 g/mol. The number of nitriles is 2. The number of nitrogens with zero attached hydrogens (tertiary/aromatic N) is 3. The van der Waals surface area contributed by atoms with Gasteiger partial charge in [0, 0.05) is 27.1 Å². The molecule has 1 N–H and O–H groups in total. The van der Waals surface area contributed by atoms with Gasteiger partial charge in [-0.1, -0.05) is 47.5 Å². The molecule has 156 valence electrons. The van der Waals surface area contributed by atoms with Crippen molar-refractivity contribution < 1.29 is 9.90 Å². The molecule has 0 radical (unpaired) electrons. The number of carbonyl (C=O) groups is 1.